The molecule has 0 amide bonds. The molecule has 2 aromatic carbocycles. The van der Waals surface area contributed by atoms with Crippen LogP contribution in [0.4, 0.5) is 21.5 Å². The minimum Gasteiger partial charge on any atom is -0.397 e. The van der Waals surface area contributed by atoms with Crippen LogP contribution >= 0.6 is 0 Å². The maximum atomic E-state index is 13.4. The molecule has 2 rings (SSSR count). The number of benzene rings is 2. The Morgan fingerprint density at radius 2 is 1.89 bits per heavy atom. The van der Waals surface area contributed by atoms with Crippen LogP contribution in [0.5, 0.6) is 0 Å². The van der Waals surface area contributed by atoms with Crippen LogP contribution in [0.1, 0.15) is 6.42 Å². The standard InChI is InChI=1S/C15H14FN3/c16-12-7-8-14(18)15(11-12)19(10-4-9-17)13-5-2-1-3-6-13/h1-3,5-8,11H,4,10,18H2. The van der Waals surface area contributed by atoms with Crippen LogP contribution in [0.3, 0.4) is 0 Å². The fourth-order valence-corrected chi connectivity index (χ4v) is 1.91. The number of rotatable bonds is 4. The second kappa shape index (κ2) is 5.87. The molecule has 0 saturated heterocycles. The van der Waals surface area contributed by atoms with Gasteiger partial charge in [0.1, 0.15) is 5.82 Å². The third kappa shape index (κ3) is 3.02. The topological polar surface area (TPSA) is 53.0 Å². The molecule has 2 aromatic rings. The number of para-hydroxylation sites is 1. The van der Waals surface area contributed by atoms with Gasteiger partial charge in [-0.2, -0.15) is 5.26 Å². The van der Waals surface area contributed by atoms with Gasteiger partial charge in [-0.15, -0.1) is 0 Å². The lowest BCUT2D eigenvalue weighted by atomic mass is 10.2. The monoisotopic (exact) mass is 255 g/mol. The van der Waals surface area contributed by atoms with E-state index in [-0.39, 0.29) is 5.82 Å². The summed E-state index contributed by atoms with van der Waals surface area (Å²) in [5.74, 6) is -0.345. The fourth-order valence-electron chi connectivity index (χ4n) is 1.91. The number of anilines is 3. The van der Waals surface area contributed by atoms with Crippen molar-refractivity contribution in [2.75, 3.05) is 17.2 Å². The Kier molecular flexibility index (Phi) is 3.99. The lowest BCUT2D eigenvalue weighted by Crippen LogP contribution is -2.19. The quantitative estimate of drug-likeness (QED) is 0.851. The molecule has 19 heavy (non-hydrogen) atoms. The van der Waals surface area contributed by atoms with Gasteiger partial charge < -0.3 is 10.6 Å². The van der Waals surface area contributed by atoms with Gasteiger partial charge >= 0.3 is 0 Å². The molecule has 0 radical (unpaired) electrons. The molecular formula is C15H14FN3. The van der Waals surface area contributed by atoms with Gasteiger partial charge in [-0.05, 0) is 30.3 Å². The molecule has 0 spiro atoms. The number of nitriles is 1. The van der Waals surface area contributed by atoms with Crippen molar-refractivity contribution in [3.63, 3.8) is 0 Å². The Labute approximate surface area is 111 Å². The lowest BCUT2D eigenvalue weighted by Gasteiger charge is -2.25. The summed E-state index contributed by atoms with van der Waals surface area (Å²) >= 11 is 0. The van der Waals surface area contributed by atoms with Crippen LogP contribution in [0, 0.1) is 17.1 Å². The zero-order valence-electron chi connectivity index (χ0n) is 10.4. The summed E-state index contributed by atoms with van der Waals surface area (Å²) in [6.45, 7) is 0.466. The molecular weight excluding hydrogens is 241 g/mol. The molecule has 2 N–H and O–H groups in total. The van der Waals surface area contributed by atoms with Gasteiger partial charge in [0.15, 0.2) is 0 Å². The summed E-state index contributed by atoms with van der Waals surface area (Å²) in [5.41, 5.74) is 7.87. The van der Waals surface area contributed by atoms with Crippen molar-refractivity contribution < 1.29 is 4.39 Å². The predicted molar refractivity (Wildman–Crippen MR) is 74.5 cm³/mol. The maximum Gasteiger partial charge on any atom is 0.125 e. The predicted octanol–water partition coefficient (Wildman–Crippen LogP) is 3.46. The second-order valence-corrected chi connectivity index (χ2v) is 4.10. The van der Waals surface area contributed by atoms with Crippen LogP contribution in [-0.4, -0.2) is 6.54 Å². The van der Waals surface area contributed by atoms with E-state index in [1.54, 1.807) is 0 Å². The zero-order chi connectivity index (χ0) is 13.7. The normalized spacial score (nSPS) is 9.89. The van der Waals surface area contributed by atoms with Crippen LogP contribution < -0.4 is 10.6 Å². The minimum absolute atomic E-state index is 0.338. The SMILES string of the molecule is N#CCCN(c1ccccc1)c1cc(F)ccc1N. The first-order chi connectivity index (χ1) is 9.22. The number of nitrogens with zero attached hydrogens (tertiary/aromatic N) is 2. The van der Waals surface area contributed by atoms with E-state index in [1.807, 2.05) is 35.2 Å². The van der Waals surface area contributed by atoms with E-state index in [4.69, 9.17) is 11.0 Å². The Bertz CT molecular complexity index is 590. The summed E-state index contributed by atoms with van der Waals surface area (Å²) < 4.78 is 13.4. The zero-order valence-corrected chi connectivity index (χ0v) is 10.4. The molecule has 0 saturated carbocycles. The molecule has 0 aliphatic rings. The Morgan fingerprint density at radius 1 is 1.16 bits per heavy atom. The minimum atomic E-state index is -0.345. The number of nitrogens with two attached hydrogens (primary N) is 1. The highest BCUT2D eigenvalue weighted by molar-refractivity contribution is 5.74. The van der Waals surface area contributed by atoms with E-state index in [1.165, 1.54) is 18.2 Å². The van der Waals surface area contributed by atoms with Crippen molar-refractivity contribution in [3.05, 3.63) is 54.3 Å². The Hall–Kier alpha value is -2.54. The van der Waals surface area contributed by atoms with Crippen molar-refractivity contribution in [1.29, 1.82) is 5.26 Å². The third-order valence-corrected chi connectivity index (χ3v) is 2.80. The molecule has 0 atom stereocenters. The number of nitrogen functional groups attached to an aromatic ring is 1. The summed E-state index contributed by atoms with van der Waals surface area (Å²) in [7, 11) is 0. The van der Waals surface area contributed by atoms with Gasteiger partial charge in [-0.25, -0.2) is 4.39 Å². The number of halogens is 1. The maximum absolute atomic E-state index is 13.4. The molecule has 0 aliphatic carbocycles. The van der Waals surface area contributed by atoms with Crippen LogP contribution in [-0.2, 0) is 0 Å². The third-order valence-electron chi connectivity index (χ3n) is 2.80. The number of hydrogen-bond acceptors (Lipinski definition) is 3. The van der Waals surface area contributed by atoms with E-state index in [0.717, 1.165) is 5.69 Å². The average Bonchev–Trinajstić information content (AvgIpc) is 2.44. The van der Waals surface area contributed by atoms with E-state index < -0.39 is 0 Å². The highest BCUT2D eigenvalue weighted by atomic mass is 19.1. The molecule has 0 aromatic heterocycles. The molecule has 0 aliphatic heterocycles. The van der Waals surface area contributed by atoms with Gasteiger partial charge in [0, 0.05) is 12.2 Å². The fraction of sp³-hybridized carbons (Fsp3) is 0.133. The van der Waals surface area contributed by atoms with E-state index in [0.29, 0.717) is 24.3 Å². The van der Waals surface area contributed by atoms with Gasteiger partial charge in [0.25, 0.3) is 0 Å². The van der Waals surface area contributed by atoms with Crippen molar-refractivity contribution in [3.8, 4) is 6.07 Å². The summed E-state index contributed by atoms with van der Waals surface area (Å²) in [4.78, 5) is 1.85. The first-order valence-electron chi connectivity index (χ1n) is 5.97. The molecule has 4 heteroatoms. The molecule has 0 fully saturated rings. The molecule has 96 valence electrons. The van der Waals surface area contributed by atoms with Crippen molar-refractivity contribution in [1.82, 2.24) is 0 Å². The van der Waals surface area contributed by atoms with Crippen LogP contribution in [0.15, 0.2) is 48.5 Å². The van der Waals surface area contributed by atoms with Crippen LogP contribution in [0.2, 0.25) is 0 Å². The van der Waals surface area contributed by atoms with Crippen LogP contribution in [0.25, 0.3) is 0 Å². The highest BCUT2D eigenvalue weighted by Gasteiger charge is 2.12. The first-order valence-corrected chi connectivity index (χ1v) is 5.97. The first kappa shape index (κ1) is 12.9. The van der Waals surface area contributed by atoms with Crippen molar-refractivity contribution >= 4 is 17.1 Å². The molecule has 0 unspecified atom stereocenters. The Morgan fingerprint density at radius 3 is 2.58 bits per heavy atom. The largest absolute Gasteiger partial charge is 0.397 e. The summed E-state index contributed by atoms with van der Waals surface area (Å²) in [6, 6.07) is 15.8. The second-order valence-electron chi connectivity index (χ2n) is 4.10. The van der Waals surface area contributed by atoms with E-state index >= 15 is 0 Å². The summed E-state index contributed by atoms with van der Waals surface area (Å²) in [5, 5.41) is 8.75. The smallest absolute Gasteiger partial charge is 0.125 e. The number of hydrogen-bond donors (Lipinski definition) is 1. The molecule has 3 nitrogen and oxygen atoms in total. The van der Waals surface area contributed by atoms with E-state index in [2.05, 4.69) is 6.07 Å². The lowest BCUT2D eigenvalue weighted by molar-refractivity contribution is 0.628. The summed E-state index contributed by atoms with van der Waals surface area (Å²) in [6.07, 6.45) is 0.338. The molecule has 0 bridgehead atoms. The van der Waals surface area contributed by atoms with Crippen molar-refractivity contribution in [2.45, 2.75) is 6.42 Å². The van der Waals surface area contributed by atoms with Crippen molar-refractivity contribution in [2.24, 2.45) is 0 Å². The highest BCUT2D eigenvalue weighted by Crippen LogP contribution is 2.31. The van der Waals surface area contributed by atoms with Gasteiger partial charge in [-0.1, -0.05) is 18.2 Å². The van der Waals surface area contributed by atoms with Gasteiger partial charge in [0.05, 0.1) is 23.9 Å². The molecule has 0 heterocycles. The van der Waals surface area contributed by atoms with Gasteiger partial charge in [-0.3, -0.25) is 0 Å². The van der Waals surface area contributed by atoms with E-state index in [9.17, 15) is 4.39 Å². The van der Waals surface area contributed by atoms with Gasteiger partial charge in [0.2, 0.25) is 0 Å². The average molecular weight is 255 g/mol. The Balaban J connectivity index is 2.43.